The first kappa shape index (κ1) is 25.0. The largest absolute Gasteiger partial charge is 0.573 e. The molecule has 0 saturated carbocycles. The van der Waals surface area contributed by atoms with Gasteiger partial charge in [-0.3, -0.25) is 4.72 Å². The highest BCUT2D eigenvalue weighted by atomic mass is 32.2. The van der Waals surface area contributed by atoms with Gasteiger partial charge in [-0.25, -0.2) is 13.4 Å². The van der Waals surface area contributed by atoms with Crippen molar-refractivity contribution in [1.82, 2.24) is 9.36 Å². The zero-order chi connectivity index (χ0) is 25.9. The summed E-state index contributed by atoms with van der Waals surface area (Å²) in [6.45, 7) is 1.76. The second-order valence-corrected chi connectivity index (χ2v) is 9.71. The highest BCUT2D eigenvalue weighted by Crippen LogP contribution is 2.38. The van der Waals surface area contributed by atoms with Gasteiger partial charge in [-0.2, -0.15) is 9.64 Å². The fourth-order valence-electron chi connectivity index (χ4n) is 3.21. The summed E-state index contributed by atoms with van der Waals surface area (Å²) in [7, 11) is -4.02. The maximum Gasteiger partial charge on any atom is 0.573 e. The molecule has 0 aliphatic rings. The summed E-state index contributed by atoms with van der Waals surface area (Å²) >= 11 is 0.859. The minimum Gasteiger partial charge on any atom is -0.455 e. The summed E-state index contributed by atoms with van der Waals surface area (Å²) in [5, 5.41) is 9.73. The third kappa shape index (κ3) is 5.73. The van der Waals surface area contributed by atoms with E-state index in [0.29, 0.717) is 22.4 Å². The Labute approximate surface area is 207 Å². The number of para-hydroxylation sites is 1. The number of hydrogen-bond acceptors (Lipinski definition) is 8. The number of ether oxygens (including phenoxy) is 2. The molecule has 4 aromatic rings. The molecule has 1 N–H and O–H groups in total. The van der Waals surface area contributed by atoms with E-state index >= 15 is 0 Å². The number of benzene rings is 3. The topological polar surface area (TPSA) is 114 Å². The van der Waals surface area contributed by atoms with Gasteiger partial charge in [0.05, 0.1) is 10.5 Å². The number of nitrogens with zero attached hydrogens (tertiary/aromatic N) is 3. The van der Waals surface area contributed by atoms with Gasteiger partial charge in [0.15, 0.2) is 0 Å². The highest BCUT2D eigenvalue weighted by molar-refractivity contribution is 7.93. The summed E-state index contributed by atoms with van der Waals surface area (Å²) in [4.78, 5) is 3.60. The molecule has 0 aliphatic heterocycles. The van der Waals surface area contributed by atoms with Crippen molar-refractivity contribution in [2.24, 2.45) is 0 Å². The average molecular weight is 533 g/mol. The number of sulfonamides is 1. The lowest BCUT2D eigenvalue weighted by atomic mass is 10.0. The third-order valence-electron chi connectivity index (χ3n) is 4.79. The monoisotopic (exact) mass is 532 g/mol. The van der Waals surface area contributed by atoms with Crippen LogP contribution in [0.4, 0.5) is 18.3 Å². The molecule has 0 aliphatic carbocycles. The van der Waals surface area contributed by atoms with Crippen molar-refractivity contribution in [2.75, 3.05) is 4.72 Å². The van der Waals surface area contributed by atoms with Gasteiger partial charge < -0.3 is 9.47 Å². The van der Waals surface area contributed by atoms with Crippen LogP contribution in [-0.2, 0) is 10.0 Å². The lowest BCUT2D eigenvalue weighted by Gasteiger charge is -2.16. The van der Waals surface area contributed by atoms with Gasteiger partial charge in [-0.1, -0.05) is 30.3 Å². The van der Waals surface area contributed by atoms with E-state index in [2.05, 4.69) is 18.8 Å². The number of rotatable bonds is 7. The highest BCUT2D eigenvalue weighted by Gasteiger charge is 2.31. The van der Waals surface area contributed by atoms with Gasteiger partial charge in [-0.15, -0.1) is 13.2 Å². The van der Waals surface area contributed by atoms with Crippen molar-refractivity contribution in [2.45, 2.75) is 18.2 Å². The summed E-state index contributed by atoms with van der Waals surface area (Å²) < 4.78 is 78.7. The Morgan fingerprint density at radius 1 is 1.08 bits per heavy atom. The molecule has 0 unspecified atom stereocenters. The first-order valence-electron chi connectivity index (χ1n) is 10.0. The number of halogens is 3. The lowest BCUT2D eigenvalue weighted by molar-refractivity contribution is -0.274. The molecular formula is C23H15F3N4O4S2. The maximum atomic E-state index is 12.6. The molecule has 184 valence electrons. The van der Waals surface area contributed by atoms with Crippen LogP contribution in [0, 0.1) is 18.3 Å². The second kappa shape index (κ2) is 9.84. The number of nitrogens with one attached hydrogen (secondary N) is 1. The Morgan fingerprint density at radius 2 is 1.83 bits per heavy atom. The normalized spacial score (nSPS) is 11.5. The quantitative estimate of drug-likeness (QED) is 0.316. The van der Waals surface area contributed by atoms with Gasteiger partial charge in [0.2, 0.25) is 5.13 Å². The van der Waals surface area contributed by atoms with Crippen LogP contribution < -0.4 is 14.2 Å². The summed E-state index contributed by atoms with van der Waals surface area (Å²) in [6, 6.07) is 16.2. The number of nitriles is 1. The van der Waals surface area contributed by atoms with Crippen LogP contribution in [0.1, 0.15) is 11.1 Å². The van der Waals surface area contributed by atoms with Gasteiger partial charge in [0.1, 0.15) is 29.6 Å². The second-order valence-electron chi connectivity index (χ2n) is 7.25. The van der Waals surface area contributed by atoms with Crippen LogP contribution in [0.3, 0.4) is 0 Å². The molecule has 4 rings (SSSR count). The van der Waals surface area contributed by atoms with Crippen molar-refractivity contribution in [3.05, 3.63) is 78.1 Å². The Balaban J connectivity index is 1.65. The molecule has 1 heterocycles. The van der Waals surface area contributed by atoms with Gasteiger partial charge >= 0.3 is 6.36 Å². The molecule has 0 atom stereocenters. The fraction of sp³-hybridized carbons (Fsp3) is 0.0870. The van der Waals surface area contributed by atoms with Gasteiger partial charge in [-0.05, 0) is 48.4 Å². The van der Waals surface area contributed by atoms with Crippen LogP contribution in [-0.4, -0.2) is 24.1 Å². The standard InChI is InChI=1S/C23H15F3N4O4S2/c1-14-3-2-4-19(15-5-7-17(8-6-15)34-23(24,25)26)21(14)33-20-10-9-18(11-16(20)12-27)36(31,32)30-22-28-13-29-35-22/h2-11,13H,1H3,(H,28,29,30). The molecule has 8 nitrogen and oxygen atoms in total. The lowest BCUT2D eigenvalue weighted by Crippen LogP contribution is -2.16. The van der Waals surface area contributed by atoms with E-state index in [0.717, 1.165) is 11.5 Å². The van der Waals surface area contributed by atoms with E-state index in [9.17, 15) is 26.9 Å². The Hall–Kier alpha value is -4.15. The van der Waals surface area contributed by atoms with Crippen LogP contribution in [0.15, 0.2) is 71.9 Å². The number of alkyl halides is 3. The Kier molecular flexibility index (Phi) is 6.82. The number of hydrogen-bond donors (Lipinski definition) is 1. The molecule has 0 amide bonds. The predicted molar refractivity (Wildman–Crippen MR) is 125 cm³/mol. The molecule has 1 aromatic heterocycles. The maximum absolute atomic E-state index is 12.6. The number of anilines is 1. The van der Waals surface area contributed by atoms with Crippen molar-refractivity contribution in [3.8, 4) is 34.4 Å². The smallest absolute Gasteiger partial charge is 0.455 e. The SMILES string of the molecule is Cc1cccc(-c2ccc(OC(F)(F)F)cc2)c1Oc1ccc(S(=O)(=O)Nc2ncns2)cc1C#N. The van der Waals surface area contributed by atoms with Crippen LogP contribution in [0.25, 0.3) is 11.1 Å². The molecule has 0 spiro atoms. The van der Waals surface area contributed by atoms with Crippen molar-refractivity contribution in [3.63, 3.8) is 0 Å². The van der Waals surface area contributed by atoms with E-state index in [1.165, 1.54) is 48.8 Å². The van der Waals surface area contributed by atoms with Crippen LogP contribution >= 0.6 is 11.5 Å². The van der Waals surface area contributed by atoms with Crippen molar-refractivity contribution < 1.29 is 31.1 Å². The van der Waals surface area contributed by atoms with E-state index in [1.807, 2.05) is 6.07 Å². The minimum absolute atomic E-state index is 0.0433. The molecule has 36 heavy (non-hydrogen) atoms. The first-order chi connectivity index (χ1) is 17.1. The van der Waals surface area contributed by atoms with Gasteiger partial charge in [0, 0.05) is 17.1 Å². The zero-order valence-corrected chi connectivity index (χ0v) is 19.9. The average Bonchev–Trinajstić information content (AvgIpc) is 3.32. The van der Waals surface area contributed by atoms with Crippen LogP contribution in [0.5, 0.6) is 17.2 Å². The van der Waals surface area contributed by atoms with Crippen molar-refractivity contribution >= 4 is 26.7 Å². The van der Waals surface area contributed by atoms with E-state index in [-0.39, 0.29) is 27.1 Å². The van der Waals surface area contributed by atoms with Gasteiger partial charge in [0.25, 0.3) is 10.0 Å². The summed E-state index contributed by atoms with van der Waals surface area (Å²) in [5.41, 5.74) is 1.73. The molecule has 0 bridgehead atoms. The number of aromatic nitrogens is 2. The number of aryl methyl sites for hydroxylation is 1. The van der Waals surface area contributed by atoms with E-state index < -0.39 is 16.4 Å². The molecule has 0 radical (unpaired) electrons. The Bertz CT molecular complexity index is 1530. The third-order valence-corrected chi connectivity index (χ3v) is 6.83. The summed E-state index contributed by atoms with van der Waals surface area (Å²) in [5.74, 6) is 0.0769. The molecule has 0 fully saturated rings. The molecule has 0 saturated heterocycles. The Morgan fingerprint density at radius 3 is 2.47 bits per heavy atom. The predicted octanol–water partition coefficient (Wildman–Crippen LogP) is 5.88. The zero-order valence-electron chi connectivity index (χ0n) is 18.3. The molecular weight excluding hydrogens is 517 g/mol. The molecule has 3 aromatic carbocycles. The molecule has 13 heteroatoms. The van der Waals surface area contributed by atoms with Crippen LogP contribution in [0.2, 0.25) is 0 Å². The van der Waals surface area contributed by atoms with E-state index in [4.69, 9.17) is 4.74 Å². The van der Waals surface area contributed by atoms with Crippen molar-refractivity contribution in [1.29, 1.82) is 5.26 Å². The minimum atomic E-state index is -4.81. The summed E-state index contributed by atoms with van der Waals surface area (Å²) in [6.07, 6.45) is -3.60. The van der Waals surface area contributed by atoms with E-state index in [1.54, 1.807) is 25.1 Å². The fourth-order valence-corrected chi connectivity index (χ4v) is 4.89. The first-order valence-corrected chi connectivity index (χ1v) is 12.3.